The number of benzene rings is 2. The Morgan fingerprint density at radius 2 is 1.71 bits per heavy atom. The number of anilines is 1. The molecule has 31 heavy (non-hydrogen) atoms. The molecule has 0 atom stereocenters. The molecule has 0 fully saturated rings. The molecule has 6 nitrogen and oxygen atoms in total. The number of hydrogen-bond acceptors (Lipinski definition) is 6. The first kappa shape index (κ1) is 23.0. The molecular weight excluding hydrogens is 410 g/mol. The zero-order valence-electron chi connectivity index (χ0n) is 19.2. The molecule has 1 aromatic heterocycles. The fraction of sp³-hybridized carbons (Fsp3) is 0.417. The number of likely N-dealkylation sites (N-methyl/N-ethyl adjacent to an activating group) is 1. The van der Waals surface area contributed by atoms with E-state index in [-0.39, 0.29) is 5.91 Å². The summed E-state index contributed by atoms with van der Waals surface area (Å²) in [5.41, 5.74) is 3.83. The Morgan fingerprint density at radius 1 is 1.00 bits per heavy atom. The molecule has 0 N–H and O–H groups in total. The Bertz CT molecular complexity index is 1060. The third-order valence-corrected chi connectivity index (χ3v) is 6.08. The number of fused-ring (bicyclic) bond motifs is 1. The average Bonchev–Trinajstić information content (AvgIpc) is 3.13. The van der Waals surface area contributed by atoms with E-state index in [2.05, 4.69) is 30.9 Å². The molecule has 166 valence electrons. The molecule has 0 saturated carbocycles. The van der Waals surface area contributed by atoms with Crippen LogP contribution < -0.4 is 14.4 Å². The first-order valence-electron chi connectivity index (χ1n) is 10.6. The number of ether oxygens (including phenoxy) is 2. The van der Waals surface area contributed by atoms with Gasteiger partial charge in [0, 0.05) is 18.7 Å². The third-order valence-electron chi connectivity index (χ3n) is 4.85. The van der Waals surface area contributed by atoms with E-state index in [1.165, 1.54) is 11.1 Å². The summed E-state index contributed by atoms with van der Waals surface area (Å²) in [5, 5.41) is 0.711. The number of rotatable bonds is 9. The molecule has 0 aliphatic heterocycles. The summed E-state index contributed by atoms with van der Waals surface area (Å²) < 4.78 is 12.5. The van der Waals surface area contributed by atoms with E-state index in [4.69, 9.17) is 14.5 Å². The molecule has 7 heteroatoms. The smallest absolute Gasteiger partial charge is 0.260 e. The van der Waals surface area contributed by atoms with Crippen molar-refractivity contribution >= 4 is 32.6 Å². The van der Waals surface area contributed by atoms with E-state index in [1.54, 1.807) is 34.4 Å². The average molecular weight is 442 g/mol. The number of amides is 1. The van der Waals surface area contributed by atoms with Crippen molar-refractivity contribution in [3.63, 3.8) is 0 Å². The van der Waals surface area contributed by atoms with Gasteiger partial charge in [-0.25, -0.2) is 4.98 Å². The summed E-state index contributed by atoms with van der Waals surface area (Å²) in [4.78, 5) is 22.2. The normalized spacial score (nSPS) is 11.2. The molecule has 0 unspecified atom stereocenters. The standard InChI is InChI=1S/C24H31N3O3S/c1-7-29-20-10-9-18(15-21(20)30-8-2)23(28)27(12-11-26(5)6)24-25-19-14-16(3)13-17(4)22(19)31-24/h9-10,13-15H,7-8,11-12H2,1-6H3. The van der Waals surface area contributed by atoms with Gasteiger partial charge in [-0.15, -0.1) is 0 Å². The summed E-state index contributed by atoms with van der Waals surface area (Å²) in [6, 6.07) is 9.58. The first-order valence-corrected chi connectivity index (χ1v) is 11.4. The van der Waals surface area contributed by atoms with Gasteiger partial charge in [0.25, 0.3) is 5.91 Å². The van der Waals surface area contributed by atoms with Crippen LogP contribution in [0, 0.1) is 13.8 Å². The molecule has 2 aromatic carbocycles. The lowest BCUT2D eigenvalue weighted by Crippen LogP contribution is -2.36. The molecule has 3 aromatic rings. The van der Waals surface area contributed by atoms with E-state index in [0.29, 0.717) is 42.0 Å². The van der Waals surface area contributed by atoms with Gasteiger partial charge < -0.3 is 14.4 Å². The maximum absolute atomic E-state index is 13.6. The van der Waals surface area contributed by atoms with Crippen molar-refractivity contribution in [2.24, 2.45) is 0 Å². The topological polar surface area (TPSA) is 54.9 Å². The predicted molar refractivity (Wildman–Crippen MR) is 128 cm³/mol. The highest BCUT2D eigenvalue weighted by molar-refractivity contribution is 7.22. The van der Waals surface area contributed by atoms with Gasteiger partial charge in [0.2, 0.25) is 0 Å². The first-order chi connectivity index (χ1) is 14.8. The van der Waals surface area contributed by atoms with Crippen molar-refractivity contribution in [1.82, 2.24) is 9.88 Å². The zero-order chi connectivity index (χ0) is 22.5. The molecule has 0 aliphatic rings. The number of carbonyl (C=O) groups is 1. The predicted octanol–water partition coefficient (Wildman–Crippen LogP) is 4.92. The van der Waals surface area contributed by atoms with Crippen LogP contribution in [-0.4, -0.2) is 56.2 Å². The van der Waals surface area contributed by atoms with Gasteiger partial charge in [0.15, 0.2) is 16.6 Å². The van der Waals surface area contributed by atoms with Gasteiger partial charge in [-0.3, -0.25) is 9.69 Å². The highest BCUT2D eigenvalue weighted by atomic mass is 32.1. The van der Waals surface area contributed by atoms with Gasteiger partial charge in [-0.1, -0.05) is 17.4 Å². The van der Waals surface area contributed by atoms with Crippen molar-refractivity contribution in [1.29, 1.82) is 0 Å². The van der Waals surface area contributed by atoms with Gasteiger partial charge in [-0.2, -0.15) is 0 Å². The van der Waals surface area contributed by atoms with Crippen LogP contribution in [0.1, 0.15) is 35.3 Å². The minimum Gasteiger partial charge on any atom is -0.490 e. The maximum Gasteiger partial charge on any atom is 0.260 e. The van der Waals surface area contributed by atoms with Crippen LogP contribution in [0.25, 0.3) is 10.2 Å². The highest BCUT2D eigenvalue weighted by Crippen LogP contribution is 2.34. The lowest BCUT2D eigenvalue weighted by Gasteiger charge is -2.22. The van der Waals surface area contributed by atoms with Crippen LogP contribution in [0.3, 0.4) is 0 Å². The van der Waals surface area contributed by atoms with Crippen LogP contribution in [0.15, 0.2) is 30.3 Å². The molecule has 0 saturated heterocycles. The van der Waals surface area contributed by atoms with Gasteiger partial charge in [0.05, 0.1) is 23.4 Å². The molecular formula is C24H31N3O3S. The quantitative estimate of drug-likeness (QED) is 0.472. The van der Waals surface area contributed by atoms with Crippen molar-refractivity contribution in [3.8, 4) is 11.5 Å². The second-order valence-corrected chi connectivity index (χ2v) is 8.69. The van der Waals surface area contributed by atoms with E-state index >= 15 is 0 Å². The van der Waals surface area contributed by atoms with Crippen molar-refractivity contribution in [2.75, 3.05) is 45.3 Å². The van der Waals surface area contributed by atoms with Crippen molar-refractivity contribution < 1.29 is 14.3 Å². The lowest BCUT2D eigenvalue weighted by atomic mass is 10.1. The number of hydrogen-bond donors (Lipinski definition) is 0. The Morgan fingerprint density at radius 3 is 2.39 bits per heavy atom. The molecule has 0 spiro atoms. The number of aryl methyl sites for hydroxylation is 2. The summed E-state index contributed by atoms with van der Waals surface area (Å²) in [6.45, 7) is 10.3. The van der Waals surface area contributed by atoms with E-state index in [0.717, 1.165) is 16.8 Å². The largest absolute Gasteiger partial charge is 0.490 e. The SMILES string of the molecule is CCOc1ccc(C(=O)N(CCN(C)C)c2nc3cc(C)cc(C)c3s2)cc1OCC. The van der Waals surface area contributed by atoms with E-state index < -0.39 is 0 Å². The molecule has 3 rings (SSSR count). The Labute approximate surface area is 188 Å². The van der Waals surface area contributed by atoms with E-state index in [1.807, 2.05) is 27.9 Å². The Kier molecular flexibility index (Phi) is 7.51. The Hall–Kier alpha value is -2.64. The van der Waals surface area contributed by atoms with Crippen molar-refractivity contribution in [2.45, 2.75) is 27.7 Å². The number of nitrogens with zero attached hydrogens (tertiary/aromatic N) is 3. The zero-order valence-corrected chi connectivity index (χ0v) is 20.0. The third kappa shape index (κ3) is 5.35. The lowest BCUT2D eigenvalue weighted by molar-refractivity contribution is 0.0984. The maximum atomic E-state index is 13.6. The van der Waals surface area contributed by atoms with Crippen LogP contribution in [-0.2, 0) is 0 Å². The fourth-order valence-corrected chi connectivity index (χ4v) is 4.44. The minimum absolute atomic E-state index is 0.0979. The van der Waals surface area contributed by atoms with Crippen LogP contribution >= 0.6 is 11.3 Å². The summed E-state index contributed by atoms with van der Waals surface area (Å²) in [7, 11) is 4.00. The molecule has 1 heterocycles. The summed E-state index contributed by atoms with van der Waals surface area (Å²) in [5.74, 6) is 1.13. The molecule has 1 amide bonds. The second-order valence-electron chi connectivity index (χ2n) is 7.71. The van der Waals surface area contributed by atoms with E-state index in [9.17, 15) is 4.79 Å². The van der Waals surface area contributed by atoms with Gasteiger partial charge in [-0.05, 0) is 77.2 Å². The van der Waals surface area contributed by atoms with Crippen LogP contribution in [0.4, 0.5) is 5.13 Å². The molecule has 0 aliphatic carbocycles. The molecule has 0 bridgehead atoms. The molecule has 0 radical (unpaired) electrons. The van der Waals surface area contributed by atoms with Gasteiger partial charge >= 0.3 is 0 Å². The highest BCUT2D eigenvalue weighted by Gasteiger charge is 2.23. The minimum atomic E-state index is -0.0979. The Balaban J connectivity index is 2.01. The van der Waals surface area contributed by atoms with Crippen molar-refractivity contribution in [3.05, 3.63) is 47.0 Å². The monoisotopic (exact) mass is 441 g/mol. The summed E-state index contributed by atoms with van der Waals surface area (Å²) >= 11 is 1.56. The van der Waals surface area contributed by atoms with Crippen LogP contribution in [0.5, 0.6) is 11.5 Å². The number of aromatic nitrogens is 1. The second kappa shape index (κ2) is 10.1. The number of carbonyl (C=O) groups excluding carboxylic acids is 1. The summed E-state index contributed by atoms with van der Waals surface area (Å²) in [6.07, 6.45) is 0. The number of thiazole rings is 1. The van der Waals surface area contributed by atoms with Crippen LogP contribution in [0.2, 0.25) is 0 Å². The fourth-order valence-electron chi connectivity index (χ4n) is 3.40. The van der Waals surface area contributed by atoms with Gasteiger partial charge in [0.1, 0.15) is 0 Å².